The van der Waals surface area contributed by atoms with E-state index in [1.807, 2.05) is 12.1 Å². The van der Waals surface area contributed by atoms with Crippen molar-refractivity contribution in [3.63, 3.8) is 0 Å². The van der Waals surface area contributed by atoms with Crippen LogP contribution in [-0.2, 0) is 4.74 Å². The lowest BCUT2D eigenvalue weighted by Crippen LogP contribution is -2.37. The first-order chi connectivity index (χ1) is 9.27. The van der Waals surface area contributed by atoms with Gasteiger partial charge in [0.2, 0.25) is 0 Å². The van der Waals surface area contributed by atoms with Crippen LogP contribution in [0.1, 0.15) is 12.1 Å². The molecule has 104 valence electrons. The molecular weight excluding hydrogens is 260 g/mol. The van der Waals surface area contributed by atoms with Crippen molar-refractivity contribution in [3.05, 3.63) is 24.0 Å². The average molecular weight is 280 g/mol. The van der Waals surface area contributed by atoms with E-state index in [0.29, 0.717) is 10.7 Å². The number of nitrogens with one attached hydrogen (secondary N) is 1. The summed E-state index contributed by atoms with van der Waals surface area (Å²) >= 11 is 4.98. The molecule has 0 aliphatic carbocycles. The van der Waals surface area contributed by atoms with Gasteiger partial charge in [0.05, 0.1) is 18.9 Å². The molecule has 1 aliphatic rings. The van der Waals surface area contributed by atoms with Crippen molar-refractivity contribution in [1.82, 2.24) is 9.88 Å². The van der Waals surface area contributed by atoms with Crippen LogP contribution in [0.3, 0.4) is 0 Å². The number of hydrogen-bond acceptors (Lipinski definition) is 5. The van der Waals surface area contributed by atoms with Gasteiger partial charge >= 0.3 is 0 Å². The molecule has 1 saturated heterocycles. The Kier molecular flexibility index (Phi) is 5.50. The Morgan fingerprint density at radius 2 is 2.26 bits per heavy atom. The summed E-state index contributed by atoms with van der Waals surface area (Å²) in [6, 6.07) is 3.84. The van der Waals surface area contributed by atoms with Gasteiger partial charge in [-0.25, -0.2) is 0 Å². The second kappa shape index (κ2) is 7.37. The molecule has 1 aromatic rings. The zero-order valence-corrected chi connectivity index (χ0v) is 11.8. The first-order valence-corrected chi connectivity index (χ1v) is 6.97. The average Bonchev–Trinajstić information content (AvgIpc) is 2.45. The molecule has 19 heavy (non-hydrogen) atoms. The maximum atomic E-state index is 5.64. The predicted molar refractivity (Wildman–Crippen MR) is 80.5 cm³/mol. The van der Waals surface area contributed by atoms with Gasteiger partial charge in [0.25, 0.3) is 0 Å². The molecule has 0 bridgehead atoms. The highest BCUT2D eigenvalue weighted by atomic mass is 32.1. The van der Waals surface area contributed by atoms with Gasteiger partial charge in [0, 0.05) is 25.8 Å². The second-order valence-corrected chi connectivity index (χ2v) is 4.94. The molecule has 1 fully saturated rings. The number of ether oxygens (including phenoxy) is 1. The molecular formula is C13H20N4OS. The lowest BCUT2D eigenvalue weighted by molar-refractivity contribution is 0.0378. The highest BCUT2D eigenvalue weighted by Crippen LogP contribution is 2.11. The number of rotatable bonds is 6. The maximum absolute atomic E-state index is 5.64. The fraction of sp³-hybridized carbons (Fsp3) is 0.538. The Morgan fingerprint density at radius 3 is 3.00 bits per heavy atom. The number of thiocarbonyl (C=S) groups is 1. The van der Waals surface area contributed by atoms with Gasteiger partial charge in [-0.05, 0) is 25.1 Å². The Labute approximate surface area is 119 Å². The summed E-state index contributed by atoms with van der Waals surface area (Å²) in [5.41, 5.74) is 7.23. The van der Waals surface area contributed by atoms with E-state index in [4.69, 9.17) is 22.7 Å². The molecule has 1 aromatic heterocycles. The predicted octanol–water partition coefficient (Wildman–Crippen LogP) is 0.850. The topological polar surface area (TPSA) is 63.4 Å². The third kappa shape index (κ3) is 4.41. The van der Waals surface area contributed by atoms with Crippen molar-refractivity contribution in [3.8, 4) is 0 Å². The molecule has 0 aromatic carbocycles. The van der Waals surface area contributed by atoms with Gasteiger partial charge < -0.3 is 15.8 Å². The molecule has 5 nitrogen and oxygen atoms in total. The molecule has 1 aliphatic heterocycles. The van der Waals surface area contributed by atoms with Crippen LogP contribution in [-0.4, -0.2) is 54.3 Å². The number of aromatic nitrogens is 1. The highest BCUT2D eigenvalue weighted by Gasteiger charge is 2.09. The monoisotopic (exact) mass is 280 g/mol. The number of hydrogen-bond donors (Lipinski definition) is 2. The van der Waals surface area contributed by atoms with E-state index in [-0.39, 0.29) is 0 Å². The maximum Gasteiger partial charge on any atom is 0.124 e. The quantitative estimate of drug-likeness (QED) is 0.595. The van der Waals surface area contributed by atoms with Crippen molar-refractivity contribution >= 4 is 22.9 Å². The zero-order chi connectivity index (χ0) is 13.5. The summed E-state index contributed by atoms with van der Waals surface area (Å²) in [4.78, 5) is 6.94. The lowest BCUT2D eigenvalue weighted by Gasteiger charge is -2.26. The molecule has 0 atom stereocenters. The summed E-state index contributed by atoms with van der Waals surface area (Å²) in [6.07, 6.45) is 2.78. The largest absolute Gasteiger partial charge is 0.388 e. The van der Waals surface area contributed by atoms with Crippen molar-refractivity contribution < 1.29 is 4.74 Å². The summed E-state index contributed by atoms with van der Waals surface area (Å²) < 4.78 is 5.32. The molecule has 2 heterocycles. The van der Waals surface area contributed by atoms with Crippen LogP contribution in [0.5, 0.6) is 0 Å². The summed E-state index contributed by atoms with van der Waals surface area (Å²) in [7, 11) is 0. The SMILES string of the molecule is NC(=S)c1ncccc1NCCCN1CCOCC1. The van der Waals surface area contributed by atoms with Crippen LogP contribution in [0.15, 0.2) is 18.3 Å². The van der Waals surface area contributed by atoms with Crippen LogP contribution >= 0.6 is 12.2 Å². The molecule has 2 rings (SSSR count). The van der Waals surface area contributed by atoms with Gasteiger partial charge in [-0.2, -0.15) is 0 Å². The van der Waals surface area contributed by atoms with Gasteiger partial charge in [-0.15, -0.1) is 0 Å². The number of nitrogens with zero attached hydrogens (tertiary/aromatic N) is 2. The molecule has 0 spiro atoms. The minimum absolute atomic E-state index is 0.330. The Bertz CT molecular complexity index is 421. The first-order valence-electron chi connectivity index (χ1n) is 6.56. The van der Waals surface area contributed by atoms with E-state index in [0.717, 1.165) is 51.5 Å². The van der Waals surface area contributed by atoms with E-state index in [9.17, 15) is 0 Å². The smallest absolute Gasteiger partial charge is 0.124 e. The van der Waals surface area contributed by atoms with Gasteiger partial charge in [0.15, 0.2) is 0 Å². The zero-order valence-electron chi connectivity index (χ0n) is 11.0. The number of anilines is 1. The normalized spacial score (nSPS) is 16.2. The third-order valence-corrected chi connectivity index (χ3v) is 3.30. The molecule has 0 amide bonds. The standard InChI is InChI=1S/C13H20N4OS/c14-13(19)12-11(3-1-4-16-12)15-5-2-6-17-7-9-18-10-8-17/h1,3-4,15H,2,5-10H2,(H2,14,19). The van der Waals surface area contributed by atoms with E-state index >= 15 is 0 Å². The Morgan fingerprint density at radius 1 is 1.47 bits per heavy atom. The minimum Gasteiger partial charge on any atom is -0.388 e. The summed E-state index contributed by atoms with van der Waals surface area (Å²) in [5, 5.41) is 3.35. The lowest BCUT2D eigenvalue weighted by atomic mass is 10.2. The van der Waals surface area contributed by atoms with Crippen LogP contribution in [0, 0.1) is 0 Å². The number of morpholine rings is 1. The van der Waals surface area contributed by atoms with E-state index in [1.165, 1.54) is 0 Å². The Hall–Kier alpha value is -1.24. The third-order valence-electron chi connectivity index (χ3n) is 3.11. The Balaban J connectivity index is 1.74. The van der Waals surface area contributed by atoms with Crippen molar-refractivity contribution in [1.29, 1.82) is 0 Å². The van der Waals surface area contributed by atoms with Crippen molar-refractivity contribution in [2.45, 2.75) is 6.42 Å². The van der Waals surface area contributed by atoms with Crippen LogP contribution in [0.25, 0.3) is 0 Å². The molecule has 0 radical (unpaired) electrons. The summed E-state index contributed by atoms with van der Waals surface area (Å²) in [5.74, 6) is 0. The van der Waals surface area contributed by atoms with Crippen molar-refractivity contribution in [2.24, 2.45) is 5.73 Å². The fourth-order valence-corrected chi connectivity index (χ4v) is 2.26. The van der Waals surface area contributed by atoms with E-state index in [2.05, 4.69) is 15.2 Å². The molecule has 0 saturated carbocycles. The van der Waals surface area contributed by atoms with Gasteiger partial charge in [-0.3, -0.25) is 9.88 Å². The van der Waals surface area contributed by atoms with Crippen LogP contribution in [0.2, 0.25) is 0 Å². The summed E-state index contributed by atoms with van der Waals surface area (Å²) in [6.45, 7) is 5.73. The first kappa shape index (κ1) is 14.2. The van der Waals surface area contributed by atoms with Gasteiger partial charge in [-0.1, -0.05) is 12.2 Å². The minimum atomic E-state index is 0.330. The number of pyridine rings is 1. The van der Waals surface area contributed by atoms with Crippen LogP contribution < -0.4 is 11.1 Å². The fourth-order valence-electron chi connectivity index (χ4n) is 2.09. The molecule has 0 unspecified atom stereocenters. The molecule has 3 N–H and O–H groups in total. The van der Waals surface area contributed by atoms with Gasteiger partial charge in [0.1, 0.15) is 10.7 Å². The highest BCUT2D eigenvalue weighted by molar-refractivity contribution is 7.80. The van der Waals surface area contributed by atoms with E-state index < -0.39 is 0 Å². The van der Waals surface area contributed by atoms with Crippen LogP contribution in [0.4, 0.5) is 5.69 Å². The number of nitrogens with two attached hydrogens (primary N) is 1. The van der Waals surface area contributed by atoms with Crippen molar-refractivity contribution in [2.75, 3.05) is 44.7 Å². The second-order valence-electron chi connectivity index (χ2n) is 4.50. The van der Waals surface area contributed by atoms with E-state index in [1.54, 1.807) is 6.20 Å². The molecule has 6 heteroatoms.